The Morgan fingerprint density at radius 3 is 2.46 bits per heavy atom. The number of rotatable bonds is 0. The summed E-state index contributed by atoms with van der Waals surface area (Å²) in [5.74, 6) is 0.373. The molecule has 0 saturated carbocycles. The highest BCUT2D eigenvalue weighted by atomic mass is 16.3. The van der Waals surface area contributed by atoms with E-state index in [9.17, 15) is 5.11 Å². The van der Waals surface area contributed by atoms with Gasteiger partial charge in [-0.05, 0) is 41.8 Å². The largest absolute Gasteiger partial charge is 0.508 e. The second kappa shape index (κ2) is 2.77. The zero-order valence-electron chi connectivity index (χ0n) is 7.83. The molecule has 1 N–H and O–H groups in total. The lowest BCUT2D eigenvalue weighted by Gasteiger charge is -2.06. The predicted octanol–water partition coefficient (Wildman–Crippen LogP) is 3.16. The summed E-state index contributed by atoms with van der Waals surface area (Å²) in [7, 11) is 0. The van der Waals surface area contributed by atoms with Crippen LogP contribution in [0.4, 0.5) is 0 Å². The molecule has 0 unspecified atom stereocenters. The molecule has 2 aromatic carbocycles. The summed E-state index contributed by atoms with van der Waals surface area (Å²) >= 11 is 0. The van der Waals surface area contributed by atoms with Crippen molar-refractivity contribution < 1.29 is 5.11 Å². The normalized spacial score (nSPS) is 10.6. The minimum Gasteiger partial charge on any atom is -0.508 e. The Morgan fingerprint density at radius 1 is 0.923 bits per heavy atom. The zero-order chi connectivity index (χ0) is 9.42. The molecule has 0 spiro atoms. The summed E-state index contributed by atoms with van der Waals surface area (Å²) in [4.78, 5) is 0. The Hall–Kier alpha value is -1.50. The molecule has 0 aromatic heterocycles. The monoisotopic (exact) mass is 172 g/mol. The van der Waals surface area contributed by atoms with E-state index in [0.717, 1.165) is 10.9 Å². The minimum absolute atomic E-state index is 0.373. The van der Waals surface area contributed by atoms with Gasteiger partial charge >= 0.3 is 0 Å². The minimum atomic E-state index is 0.373. The molecule has 0 aliphatic carbocycles. The van der Waals surface area contributed by atoms with Crippen LogP contribution in [-0.2, 0) is 0 Å². The molecule has 0 aliphatic heterocycles. The van der Waals surface area contributed by atoms with Crippen LogP contribution in [-0.4, -0.2) is 5.11 Å². The van der Waals surface area contributed by atoms with E-state index >= 15 is 0 Å². The zero-order valence-corrected chi connectivity index (χ0v) is 7.83. The van der Waals surface area contributed by atoms with E-state index in [2.05, 4.69) is 13.0 Å². The summed E-state index contributed by atoms with van der Waals surface area (Å²) in [5, 5.41) is 11.9. The van der Waals surface area contributed by atoms with Gasteiger partial charge in [-0.25, -0.2) is 0 Å². The Bertz CT molecular complexity index is 458. The molecule has 1 heteroatoms. The fraction of sp³-hybridized carbons (Fsp3) is 0.167. The Labute approximate surface area is 77.6 Å². The Morgan fingerprint density at radius 2 is 1.69 bits per heavy atom. The molecule has 0 atom stereocenters. The number of phenols is 1. The molecule has 13 heavy (non-hydrogen) atoms. The lowest BCUT2D eigenvalue weighted by atomic mass is 10.0. The van der Waals surface area contributed by atoms with Crippen molar-refractivity contribution in [2.45, 2.75) is 13.8 Å². The van der Waals surface area contributed by atoms with Gasteiger partial charge in [0.15, 0.2) is 0 Å². The van der Waals surface area contributed by atoms with E-state index in [-0.39, 0.29) is 0 Å². The summed E-state index contributed by atoms with van der Waals surface area (Å²) in [6, 6.07) is 9.86. The van der Waals surface area contributed by atoms with Crippen LogP contribution >= 0.6 is 0 Å². The van der Waals surface area contributed by atoms with Crippen molar-refractivity contribution in [2.75, 3.05) is 0 Å². The van der Waals surface area contributed by atoms with Gasteiger partial charge in [-0.15, -0.1) is 0 Å². The van der Waals surface area contributed by atoms with Crippen LogP contribution in [0.3, 0.4) is 0 Å². The third kappa shape index (κ3) is 1.17. The van der Waals surface area contributed by atoms with E-state index in [4.69, 9.17) is 0 Å². The van der Waals surface area contributed by atoms with Gasteiger partial charge in [-0.1, -0.05) is 24.3 Å². The van der Waals surface area contributed by atoms with Gasteiger partial charge < -0.3 is 5.11 Å². The van der Waals surface area contributed by atoms with Gasteiger partial charge in [0.2, 0.25) is 0 Å². The highest BCUT2D eigenvalue weighted by Crippen LogP contribution is 2.27. The van der Waals surface area contributed by atoms with Gasteiger partial charge in [0.05, 0.1) is 0 Å². The molecular formula is C12H12O. The van der Waals surface area contributed by atoms with E-state index in [0.29, 0.717) is 5.75 Å². The lowest BCUT2D eigenvalue weighted by Crippen LogP contribution is -1.82. The van der Waals surface area contributed by atoms with E-state index in [1.807, 2.05) is 25.1 Å². The molecule has 2 rings (SSSR count). The molecule has 1 nitrogen and oxygen atoms in total. The van der Waals surface area contributed by atoms with Crippen LogP contribution in [0.15, 0.2) is 30.3 Å². The summed E-state index contributed by atoms with van der Waals surface area (Å²) in [6.07, 6.45) is 0. The third-order valence-electron chi connectivity index (χ3n) is 2.52. The number of aromatic hydroxyl groups is 1. The van der Waals surface area contributed by atoms with Gasteiger partial charge in [-0.2, -0.15) is 0 Å². The topological polar surface area (TPSA) is 20.2 Å². The first kappa shape index (κ1) is 8.11. The van der Waals surface area contributed by atoms with Crippen LogP contribution in [0.2, 0.25) is 0 Å². The Kier molecular flexibility index (Phi) is 1.73. The van der Waals surface area contributed by atoms with Crippen molar-refractivity contribution in [3.05, 3.63) is 41.5 Å². The first-order valence-electron chi connectivity index (χ1n) is 4.38. The van der Waals surface area contributed by atoms with Crippen molar-refractivity contribution in [2.24, 2.45) is 0 Å². The second-order valence-corrected chi connectivity index (χ2v) is 3.38. The molecule has 0 heterocycles. The smallest absolute Gasteiger partial charge is 0.119 e. The molecule has 0 radical (unpaired) electrons. The number of aryl methyl sites for hydroxylation is 2. The van der Waals surface area contributed by atoms with Crippen LogP contribution in [0.25, 0.3) is 10.8 Å². The number of hydrogen-bond acceptors (Lipinski definition) is 1. The van der Waals surface area contributed by atoms with Crippen molar-refractivity contribution in [3.63, 3.8) is 0 Å². The van der Waals surface area contributed by atoms with Crippen LogP contribution in [0, 0.1) is 13.8 Å². The molecule has 66 valence electrons. The first-order valence-corrected chi connectivity index (χ1v) is 4.38. The second-order valence-electron chi connectivity index (χ2n) is 3.38. The number of benzene rings is 2. The lowest BCUT2D eigenvalue weighted by molar-refractivity contribution is 0.472. The fourth-order valence-corrected chi connectivity index (χ4v) is 1.65. The van der Waals surface area contributed by atoms with Gasteiger partial charge in [0, 0.05) is 0 Å². The SMILES string of the molecule is Cc1cccc2c(C)c(O)ccc12. The van der Waals surface area contributed by atoms with Crippen LogP contribution < -0.4 is 0 Å². The van der Waals surface area contributed by atoms with E-state index in [1.54, 1.807) is 6.07 Å². The molecular weight excluding hydrogens is 160 g/mol. The maximum Gasteiger partial charge on any atom is 0.119 e. The number of fused-ring (bicyclic) bond motifs is 1. The highest BCUT2D eigenvalue weighted by molar-refractivity contribution is 5.89. The van der Waals surface area contributed by atoms with Gasteiger partial charge in [0.25, 0.3) is 0 Å². The molecule has 0 saturated heterocycles. The maximum absolute atomic E-state index is 9.51. The maximum atomic E-state index is 9.51. The van der Waals surface area contributed by atoms with E-state index in [1.165, 1.54) is 10.9 Å². The quantitative estimate of drug-likeness (QED) is 0.647. The molecule has 0 amide bonds. The highest BCUT2D eigenvalue weighted by Gasteiger charge is 2.02. The van der Waals surface area contributed by atoms with Crippen molar-refractivity contribution >= 4 is 10.8 Å². The molecule has 0 aliphatic rings. The van der Waals surface area contributed by atoms with Crippen LogP contribution in [0.5, 0.6) is 5.75 Å². The van der Waals surface area contributed by atoms with Gasteiger partial charge in [-0.3, -0.25) is 0 Å². The summed E-state index contributed by atoms with van der Waals surface area (Å²) < 4.78 is 0. The van der Waals surface area contributed by atoms with Gasteiger partial charge in [0.1, 0.15) is 5.75 Å². The molecule has 0 bridgehead atoms. The summed E-state index contributed by atoms with van der Waals surface area (Å²) in [5.41, 5.74) is 2.21. The number of hydrogen-bond donors (Lipinski definition) is 1. The Balaban J connectivity index is 2.94. The third-order valence-corrected chi connectivity index (χ3v) is 2.52. The molecule has 0 fully saturated rings. The average Bonchev–Trinajstić information content (AvgIpc) is 2.12. The summed E-state index contributed by atoms with van der Waals surface area (Å²) in [6.45, 7) is 4.02. The van der Waals surface area contributed by atoms with Crippen molar-refractivity contribution in [1.82, 2.24) is 0 Å². The van der Waals surface area contributed by atoms with Crippen LogP contribution in [0.1, 0.15) is 11.1 Å². The average molecular weight is 172 g/mol. The molecule has 2 aromatic rings. The fourth-order valence-electron chi connectivity index (χ4n) is 1.65. The van der Waals surface area contributed by atoms with E-state index < -0.39 is 0 Å². The standard InChI is InChI=1S/C12H12O/c1-8-4-3-5-11-9(2)12(13)7-6-10(8)11/h3-7,13H,1-2H3. The number of phenolic OH excluding ortho intramolecular Hbond substituents is 1. The first-order chi connectivity index (χ1) is 6.20. The van der Waals surface area contributed by atoms with Crippen molar-refractivity contribution in [3.8, 4) is 5.75 Å². The predicted molar refractivity (Wildman–Crippen MR) is 55.1 cm³/mol. The van der Waals surface area contributed by atoms with Crippen molar-refractivity contribution in [1.29, 1.82) is 0 Å².